The first-order valence-electron chi connectivity index (χ1n) is 5.88. The number of hydrogen-bond donors (Lipinski definition) is 2. The molecule has 0 spiro atoms. The van der Waals surface area contributed by atoms with Crippen LogP contribution in [0.5, 0.6) is 0 Å². The number of pyridine rings is 1. The number of aromatic nitrogens is 1. The van der Waals surface area contributed by atoms with Gasteiger partial charge in [-0.05, 0) is 11.5 Å². The van der Waals surface area contributed by atoms with Gasteiger partial charge in [0.05, 0.1) is 6.54 Å². The van der Waals surface area contributed by atoms with E-state index in [-0.39, 0.29) is 16.9 Å². The van der Waals surface area contributed by atoms with Gasteiger partial charge in [0.2, 0.25) is 10.0 Å². The number of nitrogens with one attached hydrogen (secondary N) is 1. The van der Waals surface area contributed by atoms with Crippen LogP contribution in [0.3, 0.4) is 0 Å². The maximum Gasteiger partial charge on any atom is 0.242 e. The summed E-state index contributed by atoms with van der Waals surface area (Å²) < 4.78 is 26.7. The summed E-state index contributed by atoms with van der Waals surface area (Å²) in [6.07, 6.45) is 2.81. The van der Waals surface area contributed by atoms with E-state index in [1.165, 1.54) is 18.5 Å². The molecule has 6 heteroatoms. The molecule has 0 aliphatic heterocycles. The van der Waals surface area contributed by atoms with Crippen LogP contribution in [-0.2, 0) is 10.0 Å². The van der Waals surface area contributed by atoms with Crippen LogP contribution in [-0.4, -0.2) is 26.5 Å². The lowest BCUT2D eigenvalue weighted by molar-refractivity contribution is 0.407. The molecule has 0 unspecified atom stereocenters. The number of rotatable bonds is 3. The van der Waals surface area contributed by atoms with Crippen molar-refractivity contribution in [2.75, 3.05) is 13.1 Å². The molecular formula is C13H19N3O2S. The molecule has 3 N–H and O–H groups in total. The Balaban J connectivity index is 2.96. The van der Waals surface area contributed by atoms with Gasteiger partial charge < -0.3 is 5.73 Å². The Morgan fingerprint density at radius 1 is 1.37 bits per heavy atom. The van der Waals surface area contributed by atoms with Gasteiger partial charge in [0.15, 0.2) is 0 Å². The van der Waals surface area contributed by atoms with Gasteiger partial charge in [-0.3, -0.25) is 4.98 Å². The van der Waals surface area contributed by atoms with E-state index >= 15 is 0 Å². The first kappa shape index (κ1) is 15.6. The molecule has 1 rings (SSSR count). The monoisotopic (exact) mass is 281 g/mol. The van der Waals surface area contributed by atoms with E-state index in [0.29, 0.717) is 12.1 Å². The lowest BCUT2D eigenvalue weighted by Crippen LogP contribution is -2.32. The van der Waals surface area contributed by atoms with Crippen LogP contribution in [0.4, 0.5) is 0 Å². The molecule has 0 fully saturated rings. The fourth-order valence-electron chi connectivity index (χ4n) is 1.18. The Morgan fingerprint density at radius 3 is 2.63 bits per heavy atom. The number of hydrogen-bond acceptors (Lipinski definition) is 4. The number of sulfonamides is 1. The zero-order chi connectivity index (χ0) is 14.5. The third-order valence-corrected chi connectivity index (χ3v) is 3.52. The molecule has 19 heavy (non-hydrogen) atoms. The van der Waals surface area contributed by atoms with Crippen molar-refractivity contribution in [2.45, 2.75) is 25.7 Å². The van der Waals surface area contributed by atoms with Gasteiger partial charge in [0.25, 0.3) is 0 Å². The predicted molar refractivity (Wildman–Crippen MR) is 74.8 cm³/mol. The largest absolute Gasteiger partial charge is 0.320 e. The van der Waals surface area contributed by atoms with Gasteiger partial charge in [-0.1, -0.05) is 32.6 Å². The van der Waals surface area contributed by atoms with Crippen molar-refractivity contribution < 1.29 is 8.42 Å². The molecule has 5 nitrogen and oxygen atoms in total. The van der Waals surface area contributed by atoms with Gasteiger partial charge in [-0.25, -0.2) is 13.1 Å². The molecule has 0 atom stereocenters. The van der Waals surface area contributed by atoms with E-state index in [9.17, 15) is 8.42 Å². The molecule has 0 saturated carbocycles. The topological polar surface area (TPSA) is 85.1 Å². The minimum atomic E-state index is -3.55. The summed E-state index contributed by atoms with van der Waals surface area (Å²) in [5.74, 6) is 5.42. The van der Waals surface area contributed by atoms with E-state index in [2.05, 4.69) is 21.5 Å². The number of nitrogens with two attached hydrogens (primary N) is 1. The van der Waals surface area contributed by atoms with Crippen molar-refractivity contribution in [3.05, 3.63) is 24.0 Å². The average molecular weight is 281 g/mol. The molecule has 0 radical (unpaired) electrons. The van der Waals surface area contributed by atoms with Crippen molar-refractivity contribution >= 4 is 10.0 Å². The zero-order valence-corrected chi connectivity index (χ0v) is 12.2. The van der Waals surface area contributed by atoms with Crippen molar-refractivity contribution in [3.8, 4) is 11.8 Å². The molecule has 0 saturated heterocycles. The Labute approximate surface area is 114 Å². The van der Waals surface area contributed by atoms with Crippen molar-refractivity contribution in [3.63, 3.8) is 0 Å². The highest BCUT2D eigenvalue weighted by molar-refractivity contribution is 7.89. The minimum Gasteiger partial charge on any atom is -0.320 e. The van der Waals surface area contributed by atoms with Gasteiger partial charge in [0, 0.05) is 24.5 Å². The number of nitrogens with zero attached hydrogens (tertiary/aromatic N) is 1. The maximum absolute atomic E-state index is 12.1. The van der Waals surface area contributed by atoms with E-state index in [1.807, 2.05) is 20.8 Å². The quantitative estimate of drug-likeness (QED) is 0.799. The summed E-state index contributed by atoms with van der Waals surface area (Å²) >= 11 is 0. The van der Waals surface area contributed by atoms with Gasteiger partial charge in [-0.15, -0.1) is 0 Å². The van der Waals surface area contributed by atoms with E-state index < -0.39 is 10.0 Å². The third kappa shape index (κ3) is 5.39. The molecule has 0 amide bonds. The maximum atomic E-state index is 12.1. The van der Waals surface area contributed by atoms with Crippen molar-refractivity contribution in [2.24, 2.45) is 11.1 Å². The molecule has 1 aromatic rings. The Morgan fingerprint density at radius 2 is 2.05 bits per heavy atom. The molecule has 1 heterocycles. The van der Waals surface area contributed by atoms with Crippen molar-refractivity contribution in [1.29, 1.82) is 0 Å². The fraction of sp³-hybridized carbons (Fsp3) is 0.462. The first-order chi connectivity index (χ1) is 8.74. The zero-order valence-electron chi connectivity index (χ0n) is 11.4. The molecule has 0 aliphatic rings. The van der Waals surface area contributed by atoms with Crippen LogP contribution in [0.15, 0.2) is 23.4 Å². The van der Waals surface area contributed by atoms with Crippen LogP contribution in [0.25, 0.3) is 0 Å². The van der Waals surface area contributed by atoms with Gasteiger partial charge in [-0.2, -0.15) is 0 Å². The smallest absolute Gasteiger partial charge is 0.242 e. The van der Waals surface area contributed by atoms with Crippen LogP contribution in [0.2, 0.25) is 0 Å². The van der Waals surface area contributed by atoms with Gasteiger partial charge in [0.1, 0.15) is 4.90 Å². The van der Waals surface area contributed by atoms with Gasteiger partial charge >= 0.3 is 0 Å². The Hall–Kier alpha value is -1.42. The van der Waals surface area contributed by atoms with E-state index in [0.717, 1.165) is 0 Å². The van der Waals surface area contributed by atoms with Crippen LogP contribution >= 0.6 is 0 Å². The second-order valence-electron chi connectivity index (χ2n) is 5.30. The molecule has 0 aliphatic carbocycles. The third-order valence-electron chi connectivity index (χ3n) is 2.15. The highest BCUT2D eigenvalue weighted by atomic mass is 32.2. The fourth-order valence-corrected chi connectivity index (χ4v) is 2.45. The van der Waals surface area contributed by atoms with E-state index in [4.69, 9.17) is 5.73 Å². The van der Waals surface area contributed by atoms with E-state index in [1.54, 1.807) is 0 Å². The average Bonchev–Trinajstić information content (AvgIpc) is 2.34. The first-order valence-corrected chi connectivity index (χ1v) is 7.36. The molecule has 0 aromatic carbocycles. The lowest BCUT2D eigenvalue weighted by Gasteiger charge is -2.18. The van der Waals surface area contributed by atoms with Crippen LogP contribution < -0.4 is 10.5 Å². The highest BCUT2D eigenvalue weighted by Gasteiger charge is 2.18. The second-order valence-corrected chi connectivity index (χ2v) is 7.07. The normalized spacial score (nSPS) is 11.8. The Kier molecular flexibility index (Phi) is 5.06. The lowest BCUT2D eigenvalue weighted by atomic mass is 9.98. The summed E-state index contributed by atoms with van der Waals surface area (Å²) in [7, 11) is -3.55. The predicted octanol–water partition coefficient (Wildman–Crippen LogP) is 0.716. The Bertz CT molecular complexity index is 592. The van der Waals surface area contributed by atoms with Crippen LogP contribution in [0.1, 0.15) is 26.3 Å². The minimum absolute atomic E-state index is 0.112. The van der Waals surface area contributed by atoms with Crippen molar-refractivity contribution in [1.82, 2.24) is 9.71 Å². The standard InChI is InChI=1S/C13H19N3O2S/c1-13(2,3)10-16-19(17,18)12-7-11(5-4-6-14)8-15-9-12/h7-9,16H,6,10,14H2,1-3H3. The second kappa shape index (κ2) is 6.15. The highest BCUT2D eigenvalue weighted by Crippen LogP contribution is 2.14. The summed E-state index contributed by atoms with van der Waals surface area (Å²) in [5, 5.41) is 0. The summed E-state index contributed by atoms with van der Waals surface area (Å²) in [6, 6.07) is 1.49. The summed E-state index contributed by atoms with van der Waals surface area (Å²) in [4.78, 5) is 4.00. The van der Waals surface area contributed by atoms with Crippen LogP contribution in [0, 0.1) is 17.3 Å². The summed E-state index contributed by atoms with van der Waals surface area (Å²) in [5.41, 5.74) is 5.68. The molecule has 104 valence electrons. The molecular weight excluding hydrogens is 262 g/mol. The SMILES string of the molecule is CC(C)(C)CNS(=O)(=O)c1cncc(C#CCN)c1. The molecule has 1 aromatic heterocycles. The molecule has 0 bridgehead atoms. The summed E-state index contributed by atoms with van der Waals surface area (Å²) in [6.45, 7) is 6.44.